The van der Waals surface area contributed by atoms with E-state index in [1.807, 2.05) is 37.4 Å². The molecule has 3 aromatic rings. The fraction of sp³-hybridized carbons (Fsp3) is 0.333. The maximum Gasteiger partial charge on any atom is 0.272 e. The number of fused-ring (bicyclic) bond motifs is 1. The Kier molecular flexibility index (Phi) is 6.62. The first-order valence-corrected chi connectivity index (χ1v) is 10.6. The van der Waals surface area contributed by atoms with Gasteiger partial charge in [-0.3, -0.25) is 9.48 Å². The highest BCUT2D eigenvalue weighted by molar-refractivity contribution is 5.92. The van der Waals surface area contributed by atoms with Crippen molar-refractivity contribution < 1.29 is 13.9 Å². The summed E-state index contributed by atoms with van der Waals surface area (Å²) in [7, 11) is 1.90. The van der Waals surface area contributed by atoms with Crippen molar-refractivity contribution in [2.24, 2.45) is 0 Å². The molecule has 1 N–H and O–H groups in total. The van der Waals surface area contributed by atoms with E-state index < -0.39 is 0 Å². The Morgan fingerprint density at radius 2 is 2.00 bits per heavy atom. The van der Waals surface area contributed by atoms with Crippen molar-refractivity contribution in [1.29, 1.82) is 0 Å². The van der Waals surface area contributed by atoms with Crippen molar-refractivity contribution in [2.75, 3.05) is 20.1 Å². The monoisotopic (exact) mass is 422 g/mol. The van der Waals surface area contributed by atoms with Gasteiger partial charge in [0.15, 0.2) is 0 Å². The molecule has 2 heterocycles. The molecule has 2 aromatic carbocycles. The van der Waals surface area contributed by atoms with Crippen molar-refractivity contribution in [3.8, 4) is 5.75 Å². The summed E-state index contributed by atoms with van der Waals surface area (Å²) in [5.41, 5.74) is 2.07. The van der Waals surface area contributed by atoms with Gasteiger partial charge in [-0.2, -0.15) is 5.10 Å². The average molecular weight is 423 g/mol. The number of amides is 1. The van der Waals surface area contributed by atoms with Gasteiger partial charge in [0.1, 0.15) is 23.4 Å². The number of carbonyl (C=O) groups is 1. The maximum absolute atomic E-state index is 14.9. The third-order valence-corrected chi connectivity index (χ3v) is 5.51. The molecular formula is C24H27FN4O2. The lowest BCUT2D eigenvalue weighted by atomic mass is 10.1. The Hall–Kier alpha value is -3.19. The van der Waals surface area contributed by atoms with Crippen LogP contribution in [0, 0.1) is 5.82 Å². The zero-order chi connectivity index (χ0) is 21.6. The summed E-state index contributed by atoms with van der Waals surface area (Å²) in [6.45, 7) is 2.26. The van der Waals surface area contributed by atoms with Crippen molar-refractivity contribution in [3.05, 3.63) is 83.4 Å². The largest absolute Gasteiger partial charge is 0.486 e. The summed E-state index contributed by atoms with van der Waals surface area (Å²) in [5.74, 6) is -0.0131. The molecular weight excluding hydrogens is 395 g/mol. The van der Waals surface area contributed by atoms with Crippen LogP contribution in [0.15, 0.2) is 60.8 Å². The van der Waals surface area contributed by atoms with Gasteiger partial charge in [-0.15, -0.1) is 0 Å². The molecule has 0 saturated heterocycles. The summed E-state index contributed by atoms with van der Waals surface area (Å²) in [5, 5.41) is 7.32. The minimum Gasteiger partial charge on any atom is -0.486 e. The standard InChI is InChI=1S/C24H27FN4O2/c1-26-12-11-23(18-6-3-2-4-7-18)31-20-9-8-19(21(25)16-20)17-28-14-5-15-29-22(24(28)30)10-13-27-29/h2-4,6-10,13,16,23,26H,5,11-12,14-15,17H2,1H3/t23-/m0/s1. The van der Waals surface area contributed by atoms with E-state index in [0.717, 1.165) is 24.9 Å². The lowest BCUT2D eigenvalue weighted by Gasteiger charge is -2.22. The third-order valence-electron chi connectivity index (χ3n) is 5.51. The topological polar surface area (TPSA) is 59.4 Å². The summed E-state index contributed by atoms with van der Waals surface area (Å²) in [4.78, 5) is 14.5. The minimum absolute atomic E-state index is 0.120. The molecule has 0 saturated carbocycles. The number of ether oxygens (including phenoxy) is 1. The van der Waals surface area contributed by atoms with Crippen molar-refractivity contribution >= 4 is 5.91 Å². The lowest BCUT2D eigenvalue weighted by Crippen LogP contribution is -2.31. The molecule has 0 fully saturated rings. The molecule has 0 bridgehead atoms. The number of aromatic nitrogens is 2. The predicted molar refractivity (Wildman–Crippen MR) is 116 cm³/mol. The van der Waals surface area contributed by atoms with Gasteiger partial charge < -0.3 is 15.0 Å². The molecule has 1 aromatic heterocycles. The molecule has 0 aliphatic carbocycles. The normalized spacial score (nSPS) is 14.8. The van der Waals surface area contributed by atoms with Crippen LogP contribution in [0.1, 0.15) is 40.6 Å². The molecule has 7 heteroatoms. The second kappa shape index (κ2) is 9.75. The van der Waals surface area contributed by atoms with E-state index in [1.165, 1.54) is 6.07 Å². The molecule has 1 amide bonds. The Balaban J connectivity index is 1.48. The number of halogens is 1. The third kappa shape index (κ3) is 4.94. The molecule has 31 heavy (non-hydrogen) atoms. The second-order valence-electron chi connectivity index (χ2n) is 7.68. The summed E-state index contributed by atoms with van der Waals surface area (Å²) < 4.78 is 22.8. The van der Waals surface area contributed by atoms with Crippen molar-refractivity contribution in [2.45, 2.75) is 32.0 Å². The van der Waals surface area contributed by atoms with Crippen LogP contribution in [0.3, 0.4) is 0 Å². The van der Waals surface area contributed by atoms with Crippen molar-refractivity contribution in [3.63, 3.8) is 0 Å². The lowest BCUT2D eigenvalue weighted by molar-refractivity contribution is 0.0744. The first kappa shape index (κ1) is 21.1. The van der Waals surface area contributed by atoms with Crippen LogP contribution in [0.25, 0.3) is 0 Å². The first-order chi connectivity index (χ1) is 15.2. The number of benzene rings is 2. The number of hydrogen-bond acceptors (Lipinski definition) is 4. The fourth-order valence-electron chi connectivity index (χ4n) is 3.85. The van der Waals surface area contributed by atoms with Crippen LogP contribution in [0.4, 0.5) is 4.39 Å². The summed E-state index contributed by atoms with van der Waals surface area (Å²) in [6, 6.07) is 16.5. The van der Waals surface area contributed by atoms with E-state index >= 15 is 0 Å². The summed E-state index contributed by atoms with van der Waals surface area (Å²) >= 11 is 0. The first-order valence-electron chi connectivity index (χ1n) is 10.6. The number of aryl methyl sites for hydroxylation is 1. The van der Waals surface area contributed by atoms with Crippen LogP contribution < -0.4 is 10.1 Å². The van der Waals surface area contributed by atoms with Crippen LogP contribution in [0.2, 0.25) is 0 Å². The van der Waals surface area contributed by atoms with Crippen LogP contribution in [0.5, 0.6) is 5.75 Å². The number of nitrogens with one attached hydrogen (secondary N) is 1. The minimum atomic E-state index is -0.372. The number of rotatable bonds is 8. The van der Waals surface area contributed by atoms with Crippen LogP contribution in [-0.2, 0) is 13.1 Å². The molecule has 0 radical (unpaired) electrons. The van der Waals surface area contributed by atoms with Crippen molar-refractivity contribution in [1.82, 2.24) is 20.0 Å². The molecule has 1 atom stereocenters. The second-order valence-corrected chi connectivity index (χ2v) is 7.68. The van der Waals surface area contributed by atoms with E-state index in [9.17, 15) is 9.18 Å². The zero-order valence-electron chi connectivity index (χ0n) is 17.6. The highest BCUT2D eigenvalue weighted by atomic mass is 19.1. The van der Waals surface area contributed by atoms with Gasteiger partial charge in [-0.05, 0) is 37.7 Å². The predicted octanol–water partition coefficient (Wildman–Crippen LogP) is 3.80. The fourth-order valence-corrected chi connectivity index (χ4v) is 3.85. The Labute approximate surface area is 181 Å². The number of nitrogens with zero attached hydrogens (tertiary/aromatic N) is 3. The highest BCUT2D eigenvalue weighted by Gasteiger charge is 2.24. The van der Waals surface area contributed by atoms with Gasteiger partial charge in [0.25, 0.3) is 5.91 Å². The Morgan fingerprint density at radius 1 is 1.16 bits per heavy atom. The van der Waals surface area contributed by atoms with Gasteiger partial charge in [0.05, 0.1) is 0 Å². The van der Waals surface area contributed by atoms with E-state index in [2.05, 4.69) is 10.4 Å². The highest BCUT2D eigenvalue weighted by Crippen LogP contribution is 2.27. The maximum atomic E-state index is 14.9. The van der Waals surface area contributed by atoms with Crippen LogP contribution in [-0.4, -0.2) is 40.7 Å². The quantitative estimate of drug-likeness (QED) is 0.600. The van der Waals surface area contributed by atoms with Crippen LogP contribution >= 0.6 is 0 Å². The zero-order valence-corrected chi connectivity index (χ0v) is 17.6. The van der Waals surface area contributed by atoms with E-state index in [-0.39, 0.29) is 24.4 Å². The van der Waals surface area contributed by atoms with E-state index in [1.54, 1.807) is 34.0 Å². The number of carbonyl (C=O) groups excluding carboxylic acids is 1. The van der Waals surface area contributed by atoms with E-state index in [4.69, 9.17) is 4.74 Å². The molecule has 1 aliphatic rings. The van der Waals surface area contributed by atoms with Gasteiger partial charge in [-0.25, -0.2) is 4.39 Å². The SMILES string of the molecule is CNCC[C@H](Oc1ccc(CN2CCCn3nccc3C2=O)c(F)c1)c1ccccc1. The molecule has 4 rings (SSSR count). The smallest absolute Gasteiger partial charge is 0.272 e. The average Bonchev–Trinajstić information content (AvgIpc) is 3.20. The van der Waals surface area contributed by atoms with Gasteiger partial charge in [0, 0.05) is 43.9 Å². The Morgan fingerprint density at radius 3 is 2.77 bits per heavy atom. The molecule has 0 unspecified atom stereocenters. The molecule has 6 nitrogen and oxygen atoms in total. The van der Waals surface area contributed by atoms with Gasteiger partial charge in [0.2, 0.25) is 0 Å². The number of hydrogen-bond donors (Lipinski definition) is 1. The van der Waals surface area contributed by atoms with E-state index in [0.29, 0.717) is 30.1 Å². The molecule has 0 spiro atoms. The molecule has 1 aliphatic heterocycles. The Bertz CT molecular complexity index is 1020. The van der Waals surface area contributed by atoms with Gasteiger partial charge in [-0.1, -0.05) is 36.4 Å². The summed E-state index contributed by atoms with van der Waals surface area (Å²) in [6.07, 6.45) is 3.00. The molecule has 162 valence electrons. The van der Waals surface area contributed by atoms with Gasteiger partial charge >= 0.3 is 0 Å².